The Morgan fingerprint density at radius 2 is 1.94 bits per heavy atom. The van der Waals surface area contributed by atoms with E-state index in [1.807, 2.05) is 44.2 Å². The number of hydrogen-bond acceptors (Lipinski definition) is 6. The zero-order valence-electron chi connectivity index (χ0n) is 18.2. The third kappa shape index (κ3) is 3.62. The second kappa shape index (κ2) is 8.29. The summed E-state index contributed by atoms with van der Waals surface area (Å²) in [6, 6.07) is 14.7. The zero-order valence-corrected chi connectivity index (χ0v) is 19.0. The van der Waals surface area contributed by atoms with E-state index in [9.17, 15) is 14.4 Å². The van der Waals surface area contributed by atoms with Gasteiger partial charge in [-0.15, -0.1) is 11.3 Å². The van der Waals surface area contributed by atoms with Crippen LogP contribution in [0.4, 0.5) is 5.69 Å². The first-order chi connectivity index (χ1) is 16.0. The number of ether oxygens (including phenoxy) is 1. The van der Waals surface area contributed by atoms with Crippen molar-refractivity contribution >= 4 is 38.9 Å². The maximum Gasteiger partial charge on any atom is 0.265 e. The number of carbonyl (C=O) groups is 2. The number of hydrogen-bond donors (Lipinski definition) is 0. The smallest absolute Gasteiger partial charge is 0.265 e. The summed E-state index contributed by atoms with van der Waals surface area (Å²) in [4.78, 5) is 46.3. The summed E-state index contributed by atoms with van der Waals surface area (Å²) >= 11 is 1.47. The van der Waals surface area contributed by atoms with Crippen molar-refractivity contribution in [2.24, 2.45) is 0 Å². The summed E-state index contributed by atoms with van der Waals surface area (Å²) < 4.78 is 6.83. The molecule has 1 aliphatic heterocycles. The van der Waals surface area contributed by atoms with Crippen LogP contribution in [-0.4, -0.2) is 34.4 Å². The van der Waals surface area contributed by atoms with Crippen molar-refractivity contribution in [2.75, 3.05) is 18.1 Å². The van der Waals surface area contributed by atoms with Crippen molar-refractivity contribution < 1.29 is 14.3 Å². The number of thiophene rings is 1. The lowest BCUT2D eigenvalue weighted by molar-refractivity contribution is -0.121. The van der Waals surface area contributed by atoms with Crippen molar-refractivity contribution in [3.05, 3.63) is 75.7 Å². The minimum absolute atomic E-state index is 0.0149. The van der Waals surface area contributed by atoms with Crippen LogP contribution in [0, 0.1) is 6.92 Å². The molecule has 0 saturated carbocycles. The van der Waals surface area contributed by atoms with Crippen LogP contribution in [0.3, 0.4) is 0 Å². The number of aromatic nitrogens is 2. The standard InChI is InChI=1S/C25H21N3O4S/c1-3-28-18-11-17(9-10-20(18)32-13-21(28)30)19(29)12-27-14-26-24-23(25(27)31)22(15(2)33-24)16-7-5-4-6-8-16/h4-11,14H,3,12-13H2,1-2H3. The quantitative estimate of drug-likeness (QED) is 0.421. The number of Topliss-reactive ketones (excluding diaryl/α,β-unsaturated/α-hetero) is 1. The molecule has 166 valence electrons. The van der Waals surface area contributed by atoms with Crippen LogP contribution in [0.15, 0.2) is 59.7 Å². The number of anilines is 1. The van der Waals surface area contributed by atoms with E-state index in [0.29, 0.717) is 33.8 Å². The van der Waals surface area contributed by atoms with Crippen LogP contribution in [0.5, 0.6) is 5.75 Å². The van der Waals surface area contributed by atoms with Gasteiger partial charge in [-0.3, -0.25) is 19.0 Å². The molecule has 0 fully saturated rings. The van der Waals surface area contributed by atoms with Gasteiger partial charge in [-0.25, -0.2) is 4.98 Å². The zero-order chi connectivity index (χ0) is 23.1. The molecule has 7 nitrogen and oxygen atoms in total. The van der Waals surface area contributed by atoms with E-state index in [2.05, 4.69) is 4.98 Å². The predicted molar refractivity (Wildman–Crippen MR) is 128 cm³/mol. The second-order valence-corrected chi connectivity index (χ2v) is 8.99. The van der Waals surface area contributed by atoms with Gasteiger partial charge in [0.2, 0.25) is 0 Å². The summed E-state index contributed by atoms with van der Waals surface area (Å²) in [5.74, 6) is 0.166. The molecule has 1 aliphatic rings. The van der Waals surface area contributed by atoms with Crippen molar-refractivity contribution in [1.82, 2.24) is 9.55 Å². The second-order valence-electron chi connectivity index (χ2n) is 7.79. The summed E-state index contributed by atoms with van der Waals surface area (Å²) in [7, 11) is 0. The van der Waals surface area contributed by atoms with Gasteiger partial charge in [0.25, 0.3) is 11.5 Å². The number of ketones is 1. The summed E-state index contributed by atoms with van der Waals surface area (Å²) in [5, 5.41) is 0.528. The van der Waals surface area contributed by atoms with E-state index < -0.39 is 0 Å². The molecular weight excluding hydrogens is 438 g/mol. The Morgan fingerprint density at radius 1 is 1.15 bits per heavy atom. The fourth-order valence-corrected chi connectivity index (χ4v) is 5.17. The average Bonchev–Trinajstić information content (AvgIpc) is 3.17. The van der Waals surface area contributed by atoms with E-state index >= 15 is 0 Å². The Bertz CT molecular complexity index is 1460. The van der Waals surface area contributed by atoms with Crippen LogP contribution in [0.2, 0.25) is 0 Å². The van der Waals surface area contributed by atoms with Crippen LogP contribution in [0.25, 0.3) is 21.3 Å². The Labute approximate surface area is 193 Å². The van der Waals surface area contributed by atoms with Crippen LogP contribution in [0.1, 0.15) is 22.2 Å². The molecule has 1 amide bonds. The fraction of sp³-hybridized carbons (Fsp3) is 0.200. The molecule has 0 N–H and O–H groups in total. The van der Waals surface area contributed by atoms with Gasteiger partial charge >= 0.3 is 0 Å². The first-order valence-electron chi connectivity index (χ1n) is 10.6. The molecule has 2 aromatic heterocycles. The van der Waals surface area contributed by atoms with Gasteiger partial charge in [-0.05, 0) is 37.6 Å². The van der Waals surface area contributed by atoms with E-state index in [-0.39, 0.29) is 30.4 Å². The summed E-state index contributed by atoms with van der Waals surface area (Å²) in [6.07, 6.45) is 1.43. The average molecular weight is 460 g/mol. The molecule has 3 heterocycles. The number of nitrogens with zero attached hydrogens (tertiary/aromatic N) is 3. The maximum atomic E-state index is 13.4. The highest BCUT2D eigenvalue weighted by Gasteiger charge is 2.25. The lowest BCUT2D eigenvalue weighted by Gasteiger charge is -2.28. The SMILES string of the molecule is CCN1C(=O)COc2ccc(C(=O)Cn3cnc4sc(C)c(-c5ccccc5)c4c3=O)cc21. The predicted octanol–water partition coefficient (Wildman–Crippen LogP) is 4.06. The summed E-state index contributed by atoms with van der Waals surface area (Å²) in [6.45, 7) is 4.16. The molecule has 0 saturated heterocycles. The molecule has 8 heteroatoms. The lowest BCUT2D eigenvalue weighted by atomic mass is 10.0. The number of carbonyl (C=O) groups excluding carboxylic acids is 2. The van der Waals surface area contributed by atoms with E-state index in [1.54, 1.807) is 23.1 Å². The molecule has 0 aliphatic carbocycles. The highest BCUT2D eigenvalue weighted by Crippen LogP contribution is 2.35. The molecule has 0 atom stereocenters. The normalized spacial score (nSPS) is 13.2. The van der Waals surface area contributed by atoms with Gasteiger partial charge in [0.15, 0.2) is 12.4 Å². The van der Waals surface area contributed by atoms with Crippen LogP contribution < -0.4 is 15.2 Å². The van der Waals surface area contributed by atoms with Gasteiger partial charge in [-0.2, -0.15) is 0 Å². The first-order valence-corrected chi connectivity index (χ1v) is 11.4. The number of rotatable bonds is 5. The van der Waals surface area contributed by atoms with Crippen LogP contribution >= 0.6 is 11.3 Å². The molecule has 0 radical (unpaired) electrons. The maximum absolute atomic E-state index is 13.4. The minimum atomic E-state index is -0.247. The van der Waals surface area contributed by atoms with Gasteiger partial charge in [0.05, 0.1) is 23.9 Å². The van der Waals surface area contributed by atoms with E-state index in [0.717, 1.165) is 16.0 Å². The van der Waals surface area contributed by atoms with Crippen LogP contribution in [-0.2, 0) is 11.3 Å². The molecule has 0 unspecified atom stereocenters. The van der Waals surface area contributed by atoms with E-state index in [4.69, 9.17) is 4.74 Å². The van der Waals surface area contributed by atoms with Gasteiger partial charge < -0.3 is 9.64 Å². The Hall–Kier alpha value is -3.78. The topological polar surface area (TPSA) is 81.5 Å². The van der Waals surface area contributed by atoms with E-state index in [1.165, 1.54) is 22.2 Å². The molecule has 2 aromatic carbocycles. The number of likely N-dealkylation sites (N-methyl/N-ethyl adjacent to an activating group) is 1. The monoisotopic (exact) mass is 459 g/mol. The fourth-order valence-electron chi connectivity index (χ4n) is 4.17. The third-order valence-corrected chi connectivity index (χ3v) is 6.78. The largest absolute Gasteiger partial charge is 0.482 e. The highest BCUT2D eigenvalue weighted by molar-refractivity contribution is 7.19. The number of fused-ring (bicyclic) bond motifs is 2. The number of benzene rings is 2. The molecular formula is C25H21N3O4S. The number of amides is 1. The third-order valence-electron chi connectivity index (χ3n) is 5.77. The molecule has 0 bridgehead atoms. The van der Waals surface area contributed by atoms with Crippen molar-refractivity contribution in [3.8, 4) is 16.9 Å². The Balaban J connectivity index is 1.52. The first kappa shape index (κ1) is 21.1. The van der Waals surface area contributed by atoms with Crippen molar-refractivity contribution in [2.45, 2.75) is 20.4 Å². The molecule has 0 spiro atoms. The van der Waals surface area contributed by atoms with Crippen molar-refractivity contribution in [1.29, 1.82) is 0 Å². The van der Waals surface area contributed by atoms with Gasteiger partial charge in [0, 0.05) is 22.5 Å². The Morgan fingerprint density at radius 3 is 2.70 bits per heavy atom. The van der Waals surface area contributed by atoms with Gasteiger partial charge in [0.1, 0.15) is 10.6 Å². The lowest BCUT2D eigenvalue weighted by Crippen LogP contribution is -2.38. The Kier molecular flexibility index (Phi) is 5.30. The molecule has 33 heavy (non-hydrogen) atoms. The van der Waals surface area contributed by atoms with Gasteiger partial charge in [-0.1, -0.05) is 30.3 Å². The number of aryl methyl sites for hydroxylation is 1. The molecule has 5 rings (SSSR count). The summed E-state index contributed by atoms with van der Waals surface area (Å²) in [5.41, 5.74) is 2.53. The highest BCUT2D eigenvalue weighted by atomic mass is 32.1. The molecule has 4 aromatic rings. The van der Waals surface area contributed by atoms with Crippen molar-refractivity contribution in [3.63, 3.8) is 0 Å². The minimum Gasteiger partial charge on any atom is -0.482 e.